The van der Waals surface area contributed by atoms with Gasteiger partial charge in [0.2, 0.25) is 0 Å². The lowest BCUT2D eigenvalue weighted by Gasteiger charge is -2.23. The van der Waals surface area contributed by atoms with Gasteiger partial charge in [0.15, 0.2) is 0 Å². The predicted molar refractivity (Wildman–Crippen MR) is 116 cm³/mol. The number of nitrogens with zero attached hydrogens (tertiary/aromatic N) is 2. The van der Waals surface area contributed by atoms with Gasteiger partial charge in [-0.25, -0.2) is 0 Å². The average molecular weight is 416 g/mol. The zero-order valence-electron chi connectivity index (χ0n) is 19.0. The summed E-state index contributed by atoms with van der Waals surface area (Å²) in [6.45, 7) is 12.3. The van der Waals surface area contributed by atoms with Crippen LogP contribution in [0, 0.1) is 0 Å². The second-order valence-electron chi connectivity index (χ2n) is 8.50. The molecule has 0 fully saturated rings. The lowest BCUT2D eigenvalue weighted by atomic mass is 10.0. The molecule has 1 aromatic heterocycles. The van der Waals surface area contributed by atoms with E-state index in [1.165, 1.54) is 0 Å². The fourth-order valence-electron chi connectivity index (χ4n) is 3.18. The topological polar surface area (TPSA) is 82.5 Å². The van der Waals surface area contributed by atoms with E-state index in [0.717, 1.165) is 11.3 Å². The number of hydrogen-bond donors (Lipinski definition) is 1. The summed E-state index contributed by atoms with van der Waals surface area (Å²) in [4.78, 5) is 25.2. The Morgan fingerprint density at radius 2 is 1.90 bits per heavy atom. The number of amides is 1. The third-order valence-electron chi connectivity index (χ3n) is 4.67. The maximum absolute atomic E-state index is 13.1. The van der Waals surface area contributed by atoms with Gasteiger partial charge in [-0.1, -0.05) is 26.0 Å². The molecule has 0 radical (unpaired) electrons. The highest BCUT2D eigenvalue weighted by molar-refractivity contribution is 5.93. The number of methoxy groups -OCH3 is 1. The summed E-state index contributed by atoms with van der Waals surface area (Å²) >= 11 is 0. The first-order valence-electron chi connectivity index (χ1n) is 10.3. The van der Waals surface area contributed by atoms with E-state index in [-0.39, 0.29) is 36.4 Å². The number of nitrogens with one attached hydrogen (secondary N) is 1. The molecule has 1 aromatic carbocycles. The van der Waals surface area contributed by atoms with Gasteiger partial charge in [-0.15, -0.1) is 0 Å². The first-order chi connectivity index (χ1) is 14.1. The molecule has 1 heterocycles. The average Bonchev–Trinajstić information content (AvgIpc) is 3.14. The highest BCUT2D eigenvalue weighted by Crippen LogP contribution is 2.25. The molecule has 0 aliphatic carbocycles. The minimum atomic E-state index is -0.561. The Morgan fingerprint density at radius 3 is 2.43 bits per heavy atom. The number of carbonyl (C=O) groups excluding carboxylic acids is 2. The van der Waals surface area contributed by atoms with Crippen molar-refractivity contribution in [2.75, 3.05) is 13.7 Å². The van der Waals surface area contributed by atoms with Crippen molar-refractivity contribution < 1.29 is 19.1 Å². The fraction of sp³-hybridized carbons (Fsp3) is 0.522. The second-order valence-corrected chi connectivity index (χ2v) is 8.50. The molecule has 0 saturated carbocycles. The van der Waals surface area contributed by atoms with Gasteiger partial charge in [0.05, 0.1) is 31.7 Å². The molecule has 0 bridgehead atoms. The van der Waals surface area contributed by atoms with Gasteiger partial charge in [0.25, 0.3) is 5.91 Å². The summed E-state index contributed by atoms with van der Waals surface area (Å²) in [6, 6.07) is 8.54. The number of benzene rings is 1. The van der Waals surface area contributed by atoms with E-state index in [4.69, 9.17) is 9.47 Å². The number of ether oxygens (including phenoxy) is 2. The van der Waals surface area contributed by atoms with Crippen LogP contribution in [0.25, 0.3) is 0 Å². The largest absolute Gasteiger partial charge is 0.497 e. The standard InChI is InChI=1S/C23H33N3O4/c1-8-30-21(27)14-18(16-10-9-11-17(12-16)29-7)24-22(28)19-13-20(15(2)3)26(25-19)23(4,5)6/h9-13,15,18H,8,14H2,1-7H3,(H,24,28). The van der Waals surface area contributed by atoms with Crippen LogP contribution >= 0.6 is 0 Å². The number of aromatic nitrogens is 2. The summed E-state index contributed by atoms with van der Waals surface area (Å²) in [6.07, 6.45) is 0.0176. The Morgan fingerprint density at radius 1 is 1.20 bits per heavy atom. The molecule has 1 atom stereocenters. The first kappa shape index (κ1) is 23.4. The van der Waals surface area contributed by atoms with Gasteiger partial charge in [-0.2, -0.15) is 5.10 Å². The van der Waals surface area contributed by atoms with Gasteiger partial charge >= 0.3 is 5.97 Å². The van der Waals surface area contributed by atoms with Crippen LogP contribution in [0.4, 0.5) is 0 Å². The van der Waals surface area contributed by atoms with Crippen LogP contribution in [0.2, 0.25) is 0 Å². The molecule has 0 spiro atoms. The normalized spacial score (nSPS) is 12.5. The molecule has 1 amide bonds. The summed E-state index contributed by atoms with van der Waals surface area (Å²) in [7, 11) is 1.57. The lowest BCUT2D eigenvalue weighted by Crippen LogP contribution is -2.31. The Bertz CT molecular complexity index is 881. The molecular weight excluding hydrogens is 382 g/mol. The van der Waals surface area contributed by atoms with E-state index in [1.807, 2.05) is 49.7 Å². The third-order valence-corrected chi connectivity index (χ3v) is 4.67. The van der Waals surface area contributed by atoms with Gasteiger partial charge in [-0.05, 0) is 57.4 Å². The van der Waals surface area contributed by atoms with Crippen LogP contribution in [0.5, 0.6) is 5.75 Å². The molecule has 1 unspecified atom stereocenters. The first-order valence-corrected chi connectivity index (χ1v) is 10.3. The molecule has 164 valence electrons. The number of esters is 1. The zero-order valence-corrected chi connectivity index (χ0v) is 19.0. The lowest BCUT2D eigenvalue weighted by molar-refractivity contribution is -0.143. The molecule has 0 aliphatic heterocycles. The highest BCUT2D eigenvalue weighted by Gasteiger charge is 2.26. The number of rotatable bonds is 8. The van der Waals surface area contributed by atoms with Crippen molar-refractivity contribution in [2.24, 2.45) is 0 Å². The van der Waals surface area contributed by atoms with Crippen molar-refractivity contribution in [3.05, 3.63) is 47.3 Å². The van der Waals surface area contributed by atoms with Gasteiger partial charge < -0.3 is 14.8 Å². The van der Waals surface area contributed by atoms with Gasteiger partial charge in [-0.3, -0.25) is 14.3 Å². The van der Waals surface area contributed by atoms with Crippen LogP contribution < -0.4 is 10.1 Å². The minimum Gasteiger partial charge on any atom is -0.497 e. The minimum absolute atomic E-state index is 0.0176. The maximum atomic E-state index is 13.1. The number of hydrogen-bond acceptors (Lipinski definition) is 5. The SMILES string of the molecule is CCOC(=O)CC(NC(=O)c1cc(C(C)C)n(C(C)(C)C)n1)c1cccc(OC)c1. The zero-order chi connectivity index (χ0) is 22.5. The van der Waals surface area contributed by atoms with Gasteiger partial charge in [0, 0.05) is 5.69 Å². The molecule has 1 N–H and O–H groups in total. The van der Waals surface area contributed by atoms with E-state index < -0.39 is 6.04 Å². The van der Waals surface area contributed by atoms with Crippen LogP contribution in [-0.2, 0) is 15.1 Å². The summed E-state index contributed by atoms with van der Waals surface area (Å²) in [5.41, 5.74) is 1.81. The van der Waals surface area contributed by atoms with Crippen LogP contribution in [0.15, 0.2) is 30.3 Å². The Balaban J connectivity index is 2.35. The van der Waals surface area contributed by atoms with Gasteiger partial charge in [0.1, 0.15) is 11.4 Å². The van der Waals surface area contributed by atoms with Crippen molar-refractivity contribution in [3.63, 3.8) is 0 Å². The molecule has 2 aromatic rings. The molecule has 2 rings (SSSR count). The van der Waals surface area contributed by atoms with E-state index in [0.29, 0.717) is 11.4 Å². The third kappa shape index (κ3) is 5.84. The van der Waals surface area contributed by atoms with E-state index >= 15 is 0 Å². The quantitative estimate of drug-likeness (QED) is 0.654. The van der Waals surface area contributed by atoms with E-state index in [2.05, 4.69) is 24.3 Å². The van der Waals surface area contributed by atoms with E-state index in [9.17, 15) is 9.59 Å². The Kier molecular flexibility index (Phi) is 7.65. The van der Waals surface area contributed by atoms with E-state index in [1.54, 1.807) is 20.1 Å². The summed E-state index contributed by atoms with van der Waals surface area (Å²) in [5.74, 6) is 0.146. The fourth-order valence-corrected chi connectivity index (χ4v) is 3.18. The van der Waals surface area contributed by atoms with Crippen LogP contribution in [-0.4, -0.2) is 35.4 Å². The Hall–Kier alpha value is -2.83. The predicted octanol–water partition coefficient (Wildman–Crippen LogP) is 4.19. The molecule has 0 saturated heterocycles. The molecule has 7 nitrogen and oxygen atoms in total. The summed E-state index contributed by atoms with van der Waals surface area (Å²) in [5, 5.41) is 7.51. The van der Waals surface area contributed by atoms with Crippen molar-refractivity contribution >= 4 is 11.9 Å². The highest BCUT2D eigenvalue weighted by atomic mass is 16.5. The molecule has 7 heteroatoms. The van der Waals surface area contributed by atoms with Crippen molar-refractivity contribution in [1.29, 1.82) is 0 Å². The van der Waals surface area contributed by atoms with Crippen molar-refractivity contribution in [2.45, 2.75) is 65.5 Å². The monoisotopic (exact) mass is 415 g/mol. The smallest absolute Gasteiger partial charge is 0.308 e. The maximum Gasteiger partial charge on any atom is 0.308 e. The second kappa shape index (κ2) is 9.78. The molecule has 0 aliphatic rings. The number of carbonyl (C=O) groups is 2. The van der Waals surface area contributed by atoms with Crippen LogP contribution in [0.1, 0.15) is 81.7 Å². The molecule has 30 heavy (non-hydrogen) atoms. The van der Waals surface area contributed by atoms with Crippen molar-refractivity contribution in [1.82, 2.24) is 15.1 Å². The van der Waals surface area contributed by atoms with Crippen molar-refractivity contribution in [3.8, 4) is 5.75 Å². The van der Waals surface area contributed by atoms with Crippen LogP contribution in [0.3, 0.4) is 0 Å². The summed E-state index contributed by atoms with van der Waals surface area (Å²) < 4.78 is 12.3. The Labute approximate surface area is 178 Å². The molecular formula is C23H33N3O4.